The normalized spacial score (nSPS) is 9.33. The second-order valence-electron chi connectivity index (χ2n) is 2.67. The summed E-state index contributed by atoms with van der Waals surface area (Å²) in [6.45, 7) is 3.96. The van der Waals surface area contributed by atoms with Crippen LogP contribution in [0.3, 0.4) is 0 Å². The first-order valence-corrected chi connectivity index (χ1v) is 4.06. The Morgan fingerprint density at radius 2 is 1.67 bits per heavy atom. The van der Waals surface area contributed by atoms with Gasteiger partial charge in [-0.1, -0.05) is 6.92 Å². The fourth-order valence-corrected chi connectivity index (χ4v) is 0.851. The monoisotopic (exact) mass is 172 g/mol. The van der Waals surface area contributed by atoms with E-state index in [2.05, 4.69) is 0 Å². The van der Waals surface area contributed by atoms with Crippen LogP contribution >= 0.6 is 0 Å². The molecular weight excluding hydrogens is 156 g/mol. The molecule has 4 heteroatoms. The van der Waals surface area contributed by atoms with Crippen LogP contribution in [-0.2, 0) is 4.79 Å². The molecule has 0 unspecified atom stereocenters. The molecule has 12 heavy (non-hydrogen) atoms. The number of nitrogens with zero attached hydrogens (tertiary/aromatic N) is 2. The van der Waals surface area contributed by atoms with Crippen molar-refractivity contribution in [2.75, 3.05) is 20.6 Å². The first-order chi connectivity index (χ1) is 5.54. The van der Waals surface area contributed by atoms with Crippen LogP contribution in [0.4, 0.5) is 4.79 Å². The van der Waals surface area contributed by atoms with Gasteiger partial charge in [-0.2, -0.15) is 0 Å². The van der Waals surface area contributed by atoms with Gasteiger partial charge in [0.25, 0.3) is 0 Å². The highest BCUT2D eigenvalue weighted by Gasteiger charge is 2.18. The minimum atomic E-state index is -0.246. The van der Waals surface area contributed by atoms with E-state index in [1.165, 1.54) is 9.80 Å². The number of hydrogen-bond donors (Lipinski definition) is 0. The number of carbonyl (C=O) groups excluding carboxylic acids is 2. The Morgan fingerprint density at radius 3 is 1.92 bits per heavy atom. The molecule has 0 radical (unpaired) electrons. The molecule has 0 aromatic heterocycles. The maximum absolute atomic E-state index is 11.3. The lowest BCUT2D eigenvalue weighted by atomic mass is 10.4. The lowest BCUT2D eigenvalue weighted by Crippen LogP contribution is -2.42. The van der Waals surface area contributed by atoms with Gasteiger partial charge in [0.15, 0.2) is 0 Å². The second-order valence-corrected chi connectivity index (χ2v) is 2.67. The number of rotatable bonds is 2. The van der Waals surface area contributed by atoms with Crippen molar-refractivity contribution in [3.63, 3.8) is 0 Å². The SMILES string of the molecule is CCC(=O)N(CC)C(=O)N(C)C. The summed E-state index contributed by atoms with van der Waals surface area (Å²) >= 11 is 0. The molecular formula is C8H16N2O2. The number of imide groups is 1. The van der Waals surface area contributed by atoms with E-state index in [1.807, 2.05) is 0 Å². The summed E-state index contributed by atoms with van der Waals surface area (Å²) in [6, 6.07) is -0.246. The maximum Gasteiger partial charge on any atom is 0.326 e. The second kappa shape index (κ2) is 4.74. The molecule has 0 atom stereocenters. The van der Waals surface area contributed by atoms with Crippen molar-refractivity contribution >= 4 is 11.9 Å². The van der Waals surface area contributed by atoms with Crippen LogP contribution in [0.15, 0.2) is 0 Å². The average Bonchev–Trinajstić information content (AvgIpc) is 2.05. The Labute approximate surface area is 73.1 Å². The van der Waals surface area contributed by atoms with Gasteiger partial charge in [-0.3, -0.25) is 9.69 Å². The summed E-state index contributed by atoms with van der Waals surface area (Å²) in [5.74, 6) is -0.129. The van der Waals surface area contributed by atoms with Gasteiger partial charge in [-0.05, 0) is 6.92 Å². The number of carbonyl (C=O) groups is 2. The Morgan fingerprint density at radius 1 is 1.17 bits per heavy atom. The first kappa shape index (κ1) is 10.9. The van der Waals surface area contributed by atoms with Gasteiger partial charge in [0.1, 0.15) is 0 Å². The maximum atomic E-state index is 11.3. The highest BCUT2D eigenvalue weighted by molar-refractivity contribution is 5.94. The third kappa shape index (κ3) is 2.53. The van der Waals surface area contributed by atoms with Gasteiger partial charge in [0.2, 0.25) is 5.91 Å². The van der Waals surface area contributed by atoms with E-state index < -0.39 is 0 Å². The zero-order valence-corrected chi connectivity index (χ0v) is 8.13. The first-order valence-electron chi connectivity index (χ1n) is 4.06. The summed E-state index contributed by atoms with van der Waals surface area (Å²) in [5, 5.41) is 0. The van der Waals surface area contributed by atoms with Crippen molar-refractivity contribution in [3.8, 4) is 0 Å². The van der Waals surface area contributed by atoms with E-state index in [0.29, 0.717) is 13.0 Å². The van der Waals surface area contributed by atoms with Crippen LogP contribution in [0.2, 0.25) is 0 Å². The van der Waals surface area contributed by atoms with Crippen molar-refractivity contribution in [3.05, 3.63) is 0 Å². The summed E-state index contributed by atoms with van der Waals surface area (Å²) in [7, 11) is 3.27. The Kier molecular flexibility index (Phi) is 4.33. The van der Waals surface area contributed by atoms with Gasteiger partial charge in [-0.25, -0.2) is 4.79 Å². The van der Waals surface area contributed by atoms with E-state index in [4.69, 9.17) is 0 Å². The summed E-state index contributed by atoms with van der Waals surface area (Å²) in [5.41, 5.74) is 0. The molecule has 70 valence electrons. The third-order valence-corrected chi connectivity index (χ3v) is 1.53. The smallest absolute Gasteiger partial charge is 0.326 e. The van der Waals surface area contributed by atoms with Gasteiger partial charge in [0, 0.05) is 27.1 Å². The highest BCUT2D eigenvalue weighted by atomic mass is 16.2. The van der Waals surface area contributed by atoms with Crippen molar-refractivity contribution in [1.82, 2.24) is 9.80 Å². The average molecular weight is 172 g/mol. The van der Waals surface area contributed by atoms with Crippen molar-refractivity contribution in [2.24, 2.45) is 0 Å². The lowest BCUT2D eigenvalue weighted by molar-refractivity contribution is -0.128. The largest absolute Gasteiger partial charge is 0.330 e. The topological polar surface area (TPSA) is 40.6 Å². The van der Waals surface area contributed by atoms with Gasteiger partial charge in [-0.15, -0.1) is 0 Å². The van der Waals surface area contributed by atoms with Gasteiger partial charge in [0.05, 0.1) is 0 Å². The van der Waals surface area contributed by atoms with E-state index in [-0.39, 0.29) is 11.9 Å². The molecule has 0 spiro atoms. The fraction of sp³-hybridized carbons (Fsp3) is 0.750. The van der Waals surface area contributed by atoms with Crippen molar-refractivity contribution < 1.29 is 9.59 Å². The minimum Gasteiger partial charge on any atom is -0.330 e. The predicted molar refractivity (Wildman–Crippen MR) is 46.8 cm³/mol. The predicted octanol–water partition coefficient (Wildman–Crippen LogP) is 0.927. The molecule has 0 aliphatic rings. The lowest BCUT2D eigenvalue weighted by Gasteiger charge is -2.22. The standard InChI is InChI=1S/C8H16N2O2/c1-5-7(11)10(6-2)8(12)9(3)4/h5-6H2,1-4H3. The zero-order valence-electron chi connectivity index (χ0n) is 8.13. The van der Waals surface area contributed by atoms with Crippen LogP contribution in [-0.4, -0.2) is 42.4 Å². The van der Waals surface area contributed by atoms with Crippen LogP contribution < -0.4 is 0 Å². The van der Waals surface area contributed by atoms with E-state index in [9.17, 15) is 9.59 Å². The van der Waals surface area contributed by atoms with Crippen LogP contribution in [0.5, 0.6) is 0 Å². The molecule has 0 fully saturated rings. The van der Waals surface area contributed by atoms with Crippen molar-refractivity contribution in [1.29, 1.82) is 0 Å². The molecule has 0 N–H and O–H groups in total. The summed E-state index contributed by atoms with van der Waals surface area (Å²) < 4.78 is 0. The molecule has 0 rings (SSSR count). The van der Waals surface area contributed by atoms with E-state index in [1.54, 1.807) is 27.9 Å². The quantitative estimate of drug-likeness (QED) is 0.621. The Balaban J connectivity index is 4.34. The molecule has 0 aromatic rings. The third-order valence-electron chi connectivity index (χ3n) is 1.53. The summed E-state index contributed by atoms with van der Waals surface area (Å²) in [4.78, 5) is 25.1. The molecule has 0 heterocycles. The highest BCUT2D eigenvalue weighted by Crippen LogP contribution is 1.97. The summed E-state index contributed by atoms with van der Waals surface area (Å²) in [6.07, 6.45) is 0.368. The molecule has 4 nitrogen and oxygen atoms in total. The minimum absolute atomic E-state index is 0.129. The molecule has 0 aliphatic heterocycles. The van der Waals surface area contributed by atoms with Crippen LogP contribution in [0, 0.1) is 0 Å². The molecule has 0 saturated carbocycles. The number of amides is 3. The van der Waals surface area contributed by atoms with E-state index in [0.717, 1.165) is 0 Å². The zero-order chi connectivity index (χ0) is 9.72. The van der Waals surface area contributed by atoms with E-state index >= 15 is 0 Å². The van der Waals surface area contributed by atoms with Gasteiger partial charge < -0.3 is 4.90 Å². The Hall–Kier alpha value is -1.06. The number of hydrogen-bond acceptors (Lipinski definition) is 2. The fourth-order valence-electron chi connectivity index (χ4n) is 0.851. The van der Waals surface area contributed by atoms with Crippen LogP contribution in [0.25, 0.3) is 0 Å². The molecule has 3 amide bonds. The molecule has 0 aromatic carbocycles. The Bertz CT molecular complexity index is 178. The van der Waals surface area contributed by atoms with Crippen LogP contribution in [0.1, 0.15) is 20.3 Å². The molecule has 0 aliphatic carbocycles. The molecule has 0 bridgehead atoms. The van der Waals surface area contributed by atoms with Crippen molar-refractivity contribution in [2.45, 2.75) is 20.3 Å². The number of urea groups is 1. The van der Waals surface area contributed by atoms with Gasteiger partial charge >= 0.3 is 6.03 Å². The molecule has 0 saturated heterocycles.